The Kier molecular flexibility index (Phi) is 22.3. The normalized spacial score (nSPS) is 10.7. The maximum Gasteiger partial charge on any atom is 1.00 e. The van der Waals surface area contributed by atoms with Crippen LogP contribution in [-0.2, 0) is 20.7 Å². The molecule has 4 aromatic rings. The van der Waals surface area contributed by atoms with Crippen molar-refractivity contribution in [2.45, 2.75) is 11.8 Å². The Labute approximate surface area is 361 Å². The van der Waals surface area contributed by atoms with Crippen LogP contribution in [0, 0.1) is 13.0 Å². The maximum atomic E-state index is 12.2. The molecule has 4 rings (SSSR count). The summed E-state index contributed by atoms with van der Waals surface area (Å²) in [6.45, 7) is 1.58. The summed E-state index contributed by atoms with van der Waals surface area (Å²) < 4.78 is 62.0. The summed E-state index contributed by atoms with van der Waals surface area (Å²) in [7, 11) is -8.01. The summed E-state index contributed by atoms with van der Waals surface area (Å²) >= 11 is 6.06. The van der Waals surface area contributed by atoms with Gasteiger partial charge in [0, 0.05) is 31.9 Å². The van der Waals surface area contributed by atoms with Gasteiger partial charge in [-0.25, -0.2) is 8.42 Å². The van der Waals surface area contributed by atoms with E-state index in [2.05, 4.69) is 46.6 Å². The minimum absolute atomic E-state index is 0. The second kappa shape index (κ2) is 24.5. The van der Waals surface area contributed by atoms with Crippen molar-refractivity contribution in [3.05, 3.63) is 64.7 Å². The Balaban J connectivity index is 0.00000231. The molecule has 0 aliphatic rings. The fraction of sp³-hybridized carbons (Fsp3) is 0.310. The van der Waals surface area contributed by atoms with E-state index in [0.29, 0.717) is 17.1 Å². The zero-order valence-corrected chi connectivity index (χ0v) is 35.7. The van der Waals surface area contributed by atoms with Crippen LogP contribution in [0.15, 0.2) is 41.3 Å². The standard InChI is InChI=1S/C29H34ClN10O7S.2Na.O3S/c1-19-31-26(37-28(32-19)39(10-14-41)11-15-42)34-23-9-6-21(24(18-23)48(45,46)47)5-2-20-3-7-22(8-4-20)33-27-35-25(30)36-29(38-27)40(12-16-43)13-17-44;;;1-4(2)3/h2-3,5-9,18,41-44H,10-17H2,1H3,(H,45,46,47)(H,31,32,34,37)(H,33,35,36,38);;;/q-1;2*+1;/p-1/b5-2+;;;. The van der Waals surface area contributed by atoms with Crippen LogP contribution in [0.2, 0.25) is 5.28 Å². The third kappa shape index (κ3) is 16.4. The minimum Gasteiger partial charge on any atom is -0.744 e. The largest absolute Gasteiger partial charge is 1.00 e. The van der Waals surface area contributed by atoms with Gasteiger partial charge in [0.25, 0.3) is 0 Å². The first-order valence-corrected chi connectivity index (χ1v) is 17.7. The first kappa shape index (κ1) is 49.1. The number of aliphatic hydroxyl groups is 4. The number of anilines is 6. The van der Waals surface area contributed by atoms with Crippen molar-refractivity contribution >= 4 is 79.6 Å². The summed E-state index contributed by atoms with van der Waals surface area (Å²) in [5, 5.41) is 43.1. The van der Waals surface area contributed by atoms with E-state index in [0.717, 1.165) is 0 Å². The molecule has 6 N–H and O–H groups in total. The first-order valence-electron chi connectivity index (χ1n) is 14.9. The maximum absolute atomic E-state index is 12.2. The van der Waals surface area contributed by atoms with Crippen LogP contribution < -0.4 is 79.5 Å². The molecule has 0 saturated heterocycles. The van der Waals surface area contributed by atoms with Crippen LogP contribution in [0.1, 0.15) is 17.0 Å². The molecular weight excluding hydrogens is 794 g/mol. The van der Waals surface area contributed by atoms with E-state index in [1.807, 2.05) is 0 Å². The molecule has 0 atom stereocenters. The van der Waals surface area contributed by atoms with Crippen molar-refractivity contribution in [1.82, 2.24) is 29.9 Å². The van der Waals surface area contributed by atoms with Crippen LogP contribution in [0.25, 0.3) is 12.2 Å². The number of aromatic nitrogens is 6. The van der Waals surface area contributed by atoms with Gasteiger partial charge in [-0.3, -0.25) is 0 Å². The summed E-state index contributed by atoms with van der Waals surface area (Å²) in [5.74, 6) is 0.902. The van der Waals surface area contributed by atoms with E-state index in [9.17, 15) is 33.4 Å². The molecule has 0 spiro atoms. The van der Waals surface area contributed by atoms with Crippen molar-refractivity contribution in [1.29, 1.82) is 0 Å². The van der Waals surface area contributed by atoms with Gasteiger partial charge in [0.05, 0.1) is 31.3 Å². The van der Waals surface area contributed by atoms with Crippen LogP contribution in [0.3, 0.4) is 0 Å². The van der Waals surface area contributed by atoms with Crippen LogP contribution in [0.4, 0.5) is 35.2 Å². The molecule has 280 valence electrons. The monoisotopic (exact) mass is 826 g/mol. The van der Waals surface area contributed by atoms with Gasteiger partial charge in [-0.15, -0.1) is 43.0 Å². The van der Waals surface area contributed by atoms with Gasteiger partial charge < -0.3 is 45.4 Å². The fourth-order valence-corrected chi connectivity index (χ4v) is 5.18. The number of nitrogens with one attached hydrogen (secondary N) is 2. The second-order valence-corrected chi connectivity index (χ2v) is 12.2. The smallest absolute Gasteiger partial charge is 0.744 e. The molecule has 2 heterocycles. The molecule has 0 unspecified atom stereocenters. The molecular formula is C29H33ClN10Na2O10S2. The van der Waals surface area contributed by atoms with E-state index in [1.165, 1.54) is 18.2 Å². The third-order valence-electron chi connectivity index (χ3n) is 6.45. The Hall–Kier alpha value is -2.94. The Morgan fingerprint density at radius 3 is 1.78 bits per heavy atom. The molecule has 54 heavy (non-hydrogen) atoms. The van der Waals surface area contributed by atoms with Crippen molar-refractivity contribution in [2.24, 2.45) is 0 Å². The Morgan fingerprint density at radius 2 is 1.28 bits per heavy atom. The van der Waals surface area contributed by atoms with Crippen molar-refractivity contribution in [2.75, 3.05) is 73.0 Å². The number of halogens is 1. The topological polar surface area (TPSA) is 297 Å². The molecule has 0 bridgehead atoms. The molecule has 0 saturated carbocycles. The minimum atomic E-state index is -4.90. The molecule has 0 amide bonds. The number of hydrogen-bond acceptors (Lipinski definition) is 20. The number of hydrogen-bond donors (Lipinski definition) is 6. The van der Waals surface area contributed by atoms with Gasteiger partial charge in [-0.05, 0) is 41.9 Å². The van der Waals surface area contributed by atoms with E-state index < -0.39 is 25.6 Å². The molecule has 0 aliphatic heterocycles. The van der Waals surface area contributed by atoms with Crippen LogP contribution >= 0.6 is 11.6 Å². The summed E-state index contributed by atoms with van der Waals surface area (Å²) in [6, 6.07) is 12.2. The Bertz CT molecular complexity index is 2040. The van der Waals surface area contributed by atoms with Gasteiger partial charge in [0.15, 0.2) is 0 Å². The molecule has 0 aliphatic carbocycles. The molecule has 0 radical (unpaired) electrons. The predicted molar refractivity (Wildman–Crippen MR) is 187 cm³/mol. The van der Waals surface area contributed by atoms with E-state index in [4.69, 9.17) is 24.2 Å². The van der Waals surface area contributed by atoms with Crippen molar-refractivity contribution in [3.8, 4) is 0 Å². The zero-order chi connectivity index (χ0) is 38.3. The number of aliphatic hydroxyl groups excluding tert-OH is 4. The van der Waals surface area contributed by atoms with Gasteiger partial charge in [0.2, 0.25) is 29.1 Å². The van der Waals surface area contributed by atoms with Crippen LogP contribution in [-0.4, -0.2) is 129 Å². The number of rotatable bonds is 17. The second-order valence-electron chi connectivity index (χ2n) is 10.1. The Morgan fingerprint density at radius 1 is 0.778 bits per heavy atom. The molecule has 0 fully saturated rings. The van der Waals surface area contributed by atoms with Gasteiger partial charge in [-0.1, -0.05) is 12.1 Å². The first-order chi connectivity index (χ1) is 24.8. The van der Waals surface area contributed by atoms with Gasteiger partial charge >= 0.3 is 69.7 Å². The number of nitrogens with zero attached hydrogens (tertiary/aromatic N) is 8. The van der Waals surface area contributed by atoms with E-state index >= 15 is 0 Å². The van der Waals surface area contributed by atoms with E-state index in [1.54, 1.807) is 47.1 Å². The zero-order valence-electron chi connectivity index (χ0n) is 29.3. The predicted octanol–water partition coefficient (Wildman–Crippen LogP) is -6.03. The molecule has 25 heteroatoms. The fourth-order valence-electron chi connectivity index (χ4n) is 4.33. The summed E-state index contributed by atoms with van der Waals surface area (Å²) in [4.78, 5) is 27.8. The van der Waals surface area contributed by atoms with E-state index in [-0.39, 0.29) is 152 Å². The number of aryl methyl sites for hydroxylation is 1. The summed E-state index contributed by atoms with van der Waals surface area (Å²) in [5.41, 5.74) is 1.47. The quantitative estimate of drug-likeness (QED) is 0.0250. The molecule has 2 aromatic heterocycles. The van der Waals surface area contributed by atoms with Gasteiger partial charge in [0.1, 0.15) is 15.9 Å². The van der Waals surface area contributed by atoms with Crippen molar-refractivity contribution < 1.29 is 105 Å². The average Bonchev–Trinajstić information content (AvgIpc) is 3.07. The average molecular weight is 827 g/mol. The molecule has 20 nitrogen and oxygen atoms in total. The number of benzene rings is 2. The molecule has 2 aromatic carbocycles. The SMILES string of the molecule is Cc1nc(Nc2ccc(/C=C/c3[c-]cc(Nc4nc(Cl)nc(N(CCO)CCO)n4)cc3)c(S(=O)(=O)[O-])c2)nc(N(CCO)CCO)n1.O=S(=O)=O.[Na+].[Na+]. The summed E-state index contributed by atoms with van der Waals surface area (Å²) in [6.07, 6.45) is 3.05. The third-order valence-corrected chi connectivity index (χ3v) is 7.51. The van der Waals surface area contributed by atoms with Gasteiger partial charge in [-0.2, -0.15) is 35.5 Å². The van der Waals surface area contributed by atoms with Crippen LogP contribution in [0.5, 0.6) is 0 Å². The van der Waals surface area contributed by atoms with Crippen molar-refractivity contribution in [3.63, 3.8) is 0 Å².